The molecule has 0 saturated carbocycles. The Balaban J connectivity index is 2.47. The van der Waals surface area contributed by atoms with E-state index < -0.39 is 6.43 Å². The summed E-state index contributed by atoms with van der Waals surface area (Å²) in [7, 11) is 0. The largest absolute Gasteiger partial charge is 0.302 e. The van der Waals surface area contributed by atoms with Crippen molar-refractivity contribution >= 4 is 0 Å². The van der Waals surface area contributed by atoms with Crippen LogP contribution in [0.5, 0.6) is 0 Å². The van der Waals surface area contributed by atoms with E-state index in [0.29, 0.717) is 13.2 Å². The van der Waals surface area contributed by atoms with Crippen molar-refractivity contribution in [1.29, 1.82) is 0 Å². The zero-order valence-electron chi connectivity index (χ0n) is 7.97. The van der Waals surface area contributed by atoms with Crippen LogP contribution in [0.1, 0.15) is 24.5 Å². The summed E-state index contributed by atoms with van der Waals surface area (Å²) in [5, 5.41) is 0. The summed E-state index contributed by atoms with van der Waals surface area (Å²) in [5.41, 5.74) is 3.68. The minimum Gasteiger partial charge on any atom is -0.302 e. The van der Waals surface area contributed by atoms with E-state index in [1.165, 1.54) is 12.1 Å². The van der Waals surface area contributed by atoms with Gasteiger partial charge in [-0.15, -0.1) is 0 Å². The van der Waals surface area contributed by atoms with E-state index in [4.69, 9.17) is 4.84 Å². The minimum atomic E-state index is -2.40. The van der Waals surface area contributed by atoms with E-state index >= 15 is 0 Å². The maximum Gasteiger partial charge on any atom is 0.263 e. The first-order valence-corrected chi connectivity index (χ1v) is 4.45. The van der Waals surface area contributed by atoms with Gasteiger partial charge in [0.15, 0.2) is 0 Å². The van der Waals surface area contributed by atoms with Gasteiger partial charge in [-0.25, -0.2) is 8.78 Å². The van der Waals surface area contributed by atoms with E-state index in [9.17, 15) is 8.78 Å². The lowest BCUT2D eigenvalue weighted by Gasteiger charge is -2.04. The van der Waals surface area contributed by atoms with Crippen molar-refractivity contribution in [2.45, 2.75) is 19.9 Å². The lowest BCUT2D eigenvalue weighted by atomic mass is 10.1. The maximum absolute atomic E-state index is 12.2. The third kappa shape index (κ3) is 3.40. The molecule has 0 bridgehead atoms. The maximum atomic E-state index is 12.2. The molecule has 1 N–H and O–H groups in total. The molecule has 1 aromatic carbocycles. The second-order valence-corrected chi connectivity index (χ2v) is 2.80. The van der Waals surface area contributed by atoms with E-state index in [2.05, 4.69) is 5.48 Å². The predicted octanol–water partition coefficient (Wildman–Crippen LogP) is 2.67. The molecule has 0 amide bonds. The second kappa shape index (κ2) is 5.67. The molecular weight excluding hydrogens is 188 g/mol. The molecular formula is C10H13F2NO. The van der Waals surface area contributed by atoms with Gasteiger partial charge < -0.3 is 4.84 Å². The van der Waals surface area contributed by atoms with Gasteiger partial charge in [0.1, 0.15) is 0 Å². The van der Waals surface area contributed by atoms with Gasteiger partial charge in [-0.05, 0) is 12.5 Å². The van der Waals surface area contributed by atoms with Crippen molar-refractivity contribution in [3.8, 4) is 0 Å². The minimum absolute atomic E-state index is 0.0464. The SMILES string of the molecule is CCONCc1ccc(C(F)F)cc1. The highest BCUT2D eigenvalue weighted by atomic mass is 19.3. The van der Waals surface area contributed by atoms with Crippen LogP contribution in [-0.4, -0.2) is 6.61 Å². The molecule has 14 heavy (non-hydrogen) atoms. The molecule has 1 rings (SSSR count). The molecule has 0 unspecified atom stereocenters. The van der Waals surface area contributed by atoms with Gasteiger partial charge in [0.05, 0.1) is 6.61 Å². The number of nitrogens with one attached hydrogen (secondary N) is 1. The van der Waals surface area contributed by atoms with Gasteiger partial charge in [-0.1, -0.05) is 24.3 Å². The molecule has 1 aromatic rings. The fraction of sp³-hybridized carbons (Fsp3) is 0.400. The van der Waals surface area contributed by atoms with Crippen molar-refractivity contribution in [2.75, 3.05) is 6.61 Å². The molecule has 0 aliphatic heterocycles. The summed E-state index contributed by atoms with van der Waals surface area (Å²) >= 11 is 0. The van der Waals surface area contributed by atoms with Gasteiger partial charge in [0.2, 0.25) is 0 Å². The zero-order valence-corrected chi connectivity index (χ0v) is 7.97. The van der Waals surface area contributed by atoms with Crippen molar-refractivity contribution in [1.82, 2.24) is 5.48 Å². The van der Waals surface area contributed by atoms with Gasteiger partial charge in [0.25, 0.3) is 6.43 Å². The lowest BCUT2D eigenvalue weighted by molar-refractivity contribution is 0.0463. The summed E-state index contributed by atoms with van der Waals surface area (Å²) in [5.74, 6) is 0. The van der Waals surface area contributed by atoms with Crippen LogP contribution >= 0.6 is 0 Å². The molecule has 0 aliphatic rings. The average molecular weight is 201 g/mol. The number of alkyl halides is 2. The first kappa shape index (κ1) is 11.1. The number of hydroxylamine groups is 1. The number of hydrogen-bond acceptors (Lipinski definition) is 2. The summed E-state index contributed by atoms with van der Waals surface area (Å²) in [4.78, 5) is 4.92. The topological polar surface area (TPSA) is 21.3 Å². The highest BCUT2D eigenvalue weighted by Gasteiger charge is 2.05. The van der Waals surface area contributed by atoms with Crippen molar-refractivity contribution in [3.05, 3.63) is 35.4 Å². The molecule has 0 aromatic heterocycles. The highest BCUT2D eigenvalue weighted by molar-refractivity contribution is 5.22. The number of halogens is 2. The van der Waals surface area contributed by atoms with Crippen LogP contribution < -0.4 is 5.48 Å². The molecule has 0 atom stereocenters. The Morgan fingerprint density at radius 3 is 2.43 bits per heavy atom. The van der Waals surface area contributed by atoms with E-state index in [1.54, 1.807) is 12.1 Å². The lowest BCUT2D eigenvalue weighted by Crippen LogP contribution is -2.13. The molecule has 0 spiro atoms. The molecule has 0 fully saturated rings. The number of hydrogen-bond donors (Lipinski definition) is 1. The summed E-state index contributed by atoms with van der Waals surface area (Å²) in [6, 6.07) is 6.17. The van der Waals surface area contributed by atoms with Gasteiger partial charge in [0, 0.05) is 12.1 Å². The Morgan fingerprint density at radius 2 is 1.93 bits per heavy atom. The van der Waals surface area contributed by atoms with Crippen LogP contribution in [0.3, 0.4) is 0 Å². The summed E-state index contributed by atoms with van der Waals surface area (Å²) in [6.07, 6.45) is -2.40. The van der Waals surface area contributed by atoms with Crippen LogP contribution in [-0.2, 0) is 11.4 Å². The number of benzene rings is 1. The van der Waals surface area contributed by atoms with Gasteiger partial charge in [-0.3, -0.25) is 0 Å². The molecule has 4 heteroatoms. The Hall–Kier alpha value is -1.00. The Labute approximate surface area is 81.8 Å². The van der Waals surface area contributed by atoms with E-state index in [0.717, 1.165) is 5.56 Å². The smallest absolute Gasteiger partial charge is 0.263 e. The second-order valence-electron chi connectivity index (χ2n) is 2.80. The standard InChI is InChI=1S/C10H13F2NO/c1-2-14-13-7-8-3-5-9(6-4-8)10(11)12/h3-6,10,13H,2,7H2,1H3. The molecule has 0 aliphatic carbocycles. The average Bonchev–Trinajstić information content (AvgIpc) is 2.19. The quantitative estimate of drug-likeness (QED) is 0.584. The number of rotatable bonds is 5. The van der Waals surface area contributed by atoms with Crippen molar-refractivity contribution in [2.24, 2.45) is 0 Å². The first-order chi connectivity index (χ1) is 6.74. The highest BCUT2D eigenvalue weighted by Crippen LogP contribution is 2.18. The summed E-state index contributed by atoms with van der Waals surface area (Å²) < 4.78 is 24.3. The molecule has 78 valence electrons. The normalized spacial score (nSPS) is 10.9. The Morgan fingerprint density at radius 1 is 1.29 bits per heavy atom. The van der Waals surface area contributed by atoms with E-state index in [-0.39, 0.29) is 5.56 Å². The van der Waals surface area contributed by atoms with Crippen LogP contribution in [0, 0.1) is 0 Å². The molecule has 0 radical (unpaired) electrons. The Kier molecular flexibility index (Phi) is 4.49. The Bertz CT molecular complexity index is 261. The third-order valence-corrected chi connectivity index (χ3v) is 1.75. The predicted molar refractivity (Wildman–Crippen MR) is 49.9 cm³/mol. The fourth-order valence-electron chi connectivity index (χ4n) is 1.02. The van der Waals surface area contributed by atoms with Gasteiger partial charge >= 0.3 is 0 Å². The zero-order chi connectivity index (χ0) is 10.4. The van der Waals surface area contributed by atoms with Crippen LogP contribution in [0.25, 0.3) is 0 Å². The molecule has 2 nitrogen and oxygen atoms in total. The van der Waals surface area contributed by atoms with E-state index in [1.807, 2.05) is 6.92 Å². The fourth-order valence-corrected chi connectivity index (χ4v) is 1.02. The van der Waals surface area contributed by atoms with Crippen LogP contribution in [0.4, 0.5) is 8.78 Å². The third-order valence-electron chi connectivity index (χ3n) is 1.75. The monoisotopic (exact) mass is 201 g/mol. The summed E-state index contributed by atoms with van der Waals surface area (Å²) in [6.45, 7) is 2.97. The molecule has 0 heterocycles. The van der Waals surface area contributed by atoms with Crippen molar-refractivity contribution in [3.63, 3.8) is 0 Å². The first-order valence-electron chi connectivity index (χ1n) is 4.45. The van der Waals surface area contributed by atoms with Crippen molar-refractivity contribution < 1.29 is 13.6 Å². The van der Waals surface area contributed by atoms with Gasteiger partial charge in [-0.2, -0.15) is 5.48 Å². The van der Waals surface area contributed by atoms with Crippen LogP contribution in [0.2, 0.25) is 0 Å². The molecule has 0 saturated heterocycles. The van der Waals surface area contributed by atoms with Crippen LogP contribution in [0.15, 0.2) is 24.3 Å².